The van der Waals surface area contributed by atoms with Gasteiger partial charge in [-0.3, -0.25) is 10.1 Å². The molecule has 1 aromatic rings. The minimum absolute atomic E-state index is 0.0211. The molecule has 2 rings (SSSR count). The molecule has 0 unspecified atom stereocenters. The van der Waals surface area contributed by atoms with Gasteiger partial charge in [-0.15, -0.1) is 0 Å². The molecule has 19 heavy (non-hydrogen) atoms. The zero-order valence-electron chi connectivity index (χ0n) is 10.6. The van der Waals surface area contributed by atoms with Gasteiger partial charge < -0.3 is 10.4 Å². The van der Waals surface area contributed by atoms with Gasteiger partial charge in [-0.25, -0.2) is 0 Å². The SMILES string of the molecule is O=[N+]([O-])c1cc(Cl)ccc1NC1(CO)CCCCC1. The van der Waals surface area contributed by atoms with Gasteiger partial charge in [0.25, 0.3) is 5.69 Å². The van der Waals surface area contributed by atoms with Crippen molar-refractivity contribution < 1.29 is 10.0 Å². The van der Waals surface area contributed by atoms with E-state index in [9.17, 15) is 15.2 Å². The van der Waals surface area contributed by atoms with E-state index in [4.69, 9.17) is 11.6 Å². The molecule has 0 saturated heterocycles. The molecule has 1 aliphatic carbocycles. The van der Waals surface area contributed by atoms with Crippen LogP contribution in [0.15, 0.2) is 18.2 Å². The average Bonchev–Trinajstić information content (AvgIpc) is 2.42. The van der Waals surface area contributed by atoms with Crippen LogP contribution in [0.25, 0.3) is 0 Å². The largest absolute Gasteiger partial charge is 0.394 e. The second-order valence-electron chi connectivity index (χ2n) is 5.04. The maximum atomic E-state index is 11.1. The third-order valence-corrected chi connectivity index (χ3v) is 3.90. The van der Waals surface area contributed by atoms with Crippen LogP contribution in [0.5, 0.6) is 0 Å². The van der Waals surface area contributed by atoms with E-state index in [2.05, 4.69) is 5.32 Å². The van der Waals surface area contributed by atoms with Crippen LogP contribution in [0, 0.1) is 10.1 Å². The molecule has 2 N–H and O–H groups in total. The highest BCUT2D eigenvalue weighted by Gasteiger charge is 2.33. The van der Waals surface area contributed by atoms with Gasteiger partial charge in [0.1, 0.15) is 5.69 Å². The molecule has 6 heteroatoms. The molecule has 1 fully saturated rings. The van der Waals surface area contributed by atoms with Crippen molar-refractivity contribution in [3.63, 3.8) is 0 Å². The summed E-state index contributed by atoms with van der Waals surface area (Å²) in [6, 6.07) is 4.55. The minimum atomic E-state index is -0.456. The van der Waals surface area contributed by atoms with Crippen LogP contribution in [0.3, 0.4) is 0 Å². The van der Waals surface area contributed by atoms with Gasteiger partial charge >= 0.3 is 0 Å². The zero-order chi connectivity index (χ0) is 13.9. The van der Waals surface area contributed by atoms with Gasteiger partial charge in [0.2, 0.25) is 0 Å². The number of nitro benzene ring substituents is 1. The molecule has 0 aliphatic heterocycles. The highest BCUT2D eigenvalue weighted by Crippen LogP contribution is 2.35. The first-order chi connectivity index (χ1) is 9.06. The Labute approximate surface area is 116 Å². The second kappa shape index (κ2) is 5.75. The number of halogens is 1. The van der Waals surface area contributed by atoms with Crippen LogP contribution in [0.1, 0.15) is 32.1 Å². The summed E-state index contributed by atoms with van der Waals surface area (Å²) >= 11 is 5.79. The van der Waals surface area contributed by atoms with Crippen molar-refractivity contribution in [2.75, 3.05) is 11.9 Å². The number of rotatable bonds is 4. The maximum Gasteiger partial charge on any atom is 0.293 e. The van der Waals surface area contributed by atoms with Gasteiger partial charge in [0, 0.05) is 11.1 Å². The highest BCUT2D eigenvalue weighted by atomic mass is 35.5. The van der Waals surface area contributed by atoms with Crippen molar-refractivity contribution in [2.45, 2.75) is 37.6 Å². The molecule has 104 valence electrons. The van der Waals surface area contributed by atoms with Crippen LogP contribution in [-0.2, 0) is 0 Å². The zero-order valence-corrected chi connectivity index (χ0v) is 11.3. The van der Waals surface area contributed by atoms with Crippen LogP contribution in [0.4, 0.5) is 11.4 Å². The number of nitrogens with one attached hydrogen (secondary N) is 1. The molecular formula is C13H17ClN2O3. The highest BCUT2D eigenvalue weighted by molar-refractivity contribution is 6.30. The van der Waals surface area contributed by atoms with E-state index in [-0.39, 0.29) is 12.3 Å². The Kier molecular flexibility index (Phi) is 4.27. The van der Waals surface area contributed by atoms with E-state index in [1.807, 2.05) is 0 Å². The Hall–Kier alpha value is -1.33. The smallest absolute Gasteiger partial charge is 0.293 e. The molecule has 1 aromatic carbocycles. The standard InChI is InChI=1S/C13H17ClN2O3/c14-10-4-5-11(12(8-10)16(18)19)15-13(9-17)6-2-1-3-7-13/h4-5,8,15,17H,1-3,6-7,9H2. The topological polar surface area (TPSA) is 75.4 Å². The van der Waals surface area contributed by atoms with Gasteiger partial charge in [0.15, 0.2) is 0 Å². The third kappa shape index (κ3) is 3.16. The van der Waals surface area contributed by atoms with Crippen LogP contribution < -0.4 is 5.32 Å². The summed E-state index contributed by atoms with van der Waals surface area (Å²) in [7, 11) is 0. The fourth-order valence-electron chi connectivity index (χ4n) is 2.60. The molecule has 0 spiro atoms. The fourth-order valence-corrected chi connectivity index (χ4v) is 2.76. The molecule has 0 radical (unpaired) electrons. The molecule has 1 saturated carbocycles. The molecule has 0 amide bonds. The number of anilines is 1. The number of nitrogens with zero attached hydrogens (tertiary/aromatic N) is 1. The van der Waals surface area contributed by atoms with Gasteiger partial charge in [-0.05, 0) is 25.0 Å². The number of hydrogen-bond acceptors (Lipinski definition) is 4. The van der Waals surface area contributed by atoms with Crippen LogP contribution >= 0.6 is 11.6 Å². The third-order valence-electron chi connectivity index (χ3n) is 3.67. The van der Waals surface area contributed by atoms with Gasteiger partial charge in [0.05, 0.1) is 17.1 Å². The van der Waals surface area contributed by atoms with Crippen molar-refractivity contribution in [2.24, 2.45) is 0 Å². The predicted molar refractivity (Wildman–Crippen MR) is 74.6 cm³/mol. The summed E-state index contributed by atoms with van der Waals surface area (Å²) in [5.74, 6) is 0. The molecule has 0 heterocycles. The summed E-state index contributed by atoms with van der Waals surface area (Å²) in [5, 5.41) is 24.2. The molecule has 0 atom stereocenters. The first kappa shape index (κ1) is 14.1. The Balaban J connectivity index is 2.28. The summed E-state index contributed by atoms with van der Waals surface area (Å²) in [5.41, 5.74) is -0.0761. The van der Waals surface area contributed by atoms with Crippen molar-refractivity contribution >= 4 is 23.0 Å². The first-order valence-electron chi connectivity index (χ1n) is 6.39. The van der Waals surface area contributed by atoms with E-state index < -0.39 is 10.5 Å². The lowest BCUT2D eigenvalue weighted by Crippen LogP contribution is -2.44. The van der Waals surface area contributed by atoms with Gasteiger partial charge in [-0.1, -0.05) is 30.9 Å². The van der Waals surface area contributed by atoms with Crippen LogP contribution in [0.2, 0.25) is 5.02 Å². The lowest BCUT2D eigenvalue weighted by molar-refractivity contribution is -0.384. The molecular weight excluding hydrogens is 268 g/mol. The normalized spacial score (nSPS) is 18.0. The van der Waals surface area contributed by atoms with Crippen molar-refractivity contribution in [1.29, 1.82) is 0 Å². The van der Waals surface area contributed by atoms with E-state index in [0.717, 1.165) is 32.1 Å². The predicted octanol–water partition coefficient (Wildman–Crippen LogP) is 3.36. The Morgan fingerprint density at radius 3 is 2.63 bits per heavy atom. The average molecular weight is 285 g/mol. The van der Waals surface area contributed by atoms with E-state index in [0.29, 0.717) is 10.7 Å². The maximum absolute atomic E-state index is 11.1. The van der Waals surface area contributed by atoms with E-state index in [1.54, 1.807) is 12.1 Å². The summed E-state index contributed by atoms with van der Waals surface area (Å²) in [6.45, 7) is -0.0211. The molecule has 1 aliphatic rings. The van der Waals surface area contributed by atoms with Crippen molar-refractivity contribution in [3.05, 3.63) is 33.3 Å². The lowest BCUT2D eigenvalue weighted by atomic mass is 9.82. The molecule has 0 bridgehead atoms. The van der Waals surface area contributed by atoms with E-state index >= 15 is 0 Å². The van der Waals surface area contributed by atoms with E-state index in [1.165, 1.54) is 6.07 Å². The number of aliphatic hydroxyl groups is 1. The van der Waals surface area contributed by atoms with Crippen molar-refractivity contribution in [1.82, 2.24) is 0 Å². The number of hydrogen-bond donors (Lipinski definition) is 2. The quantitative estimate of drug-likeness (QED) is 0.657. The monoisotopic (exact) mass is 284 g/mol. The lowest BCUT2D eigenvalue weighted by Gasteiger charge is -2.37. The van der Waals surface area contributed by atoms with Crippen LogP contribution in [-0.4, -0.2) is 22.2 Å². The number of benzene rings is 1. The summed E-state index contributed by atoms with van der Waals surface area (Å²) < 4.78 is 0. The second-order valence-corrected chi connectivity index (χ2v) is 5.48. The Morgan fingerprint density at radius 2 is 2.05 bits per heavy atom. The minimum Gasteiger partial charge on any atom is -0.394 e. The first-order valence-corrected chi connectivity index (χ1v) is 6.77. The fraction of sp³-hybridized carbons (Fsp3) is 0.538. The van der Waals surface area contributed by atoms with Crippen molar-refractivity contribution in [3.8, 4) is 0 Å². The molecule has 0 aromatic heterocycles. The molecule has 5 nitrogen and oxygen atoms in total. The number of nitro groups is 1. The Bertz CT molecular complexity index is 473. The Morgan fingerprint density at radius 1 is 1.37 bits per heavy atom. The summed E-state index contributed by atoms with van der Waals surface area (Å²) in [6.07, 6.45) is 4.84. The number of aliphatic hydroxyl groups excluding tert-OH is 1. The summed E-state index contributed by atoms with van der Waals surface area (Å²) in [4.78, 5) is 10.6. The van der Waals surface area contributed by atoms with Gasteiger partial charge in [-0.2, -0.15) is 0 Å².